The lowest BCUT2D eigenvalue weighted by atomic mass is 10.0. The van der Waals surface area contributed by atoms with Gasteiger partial charge in [0, 0.05) is 10.8 Å². The van der Waals surface area contributed by atoms with Gasteiger partial charge in [0.2, 0.25) is 0 Å². The summed E-state index contributed by atoms with van der Waals surface area (Å²) in [7, 11) is 0. The Labute approximate surface area is 115 Å². The fourth-order valence-corrected chi connectivity index (χ4v) is 8.92. The van der Waals surface area contributed by atoms with Crippen LogP contribution in [0.5, 0.6) is 0 Å². The van der Waals surface area contributed by atoms with Gasteiger partial charge in [-0.15, -0.1) is 23.2 Å². The molecule has 0 aliphatic heterocycles. The molecule has 3 aliphatic carbocycles. The van der Waals surface area contributed by atoms with Gasteiger partial charge in [-0.05, 0) is 21.7 Å². The highest BCUT2D eigenvalue weighted by atomic mass is 35.5. The summed E-state index contributed by atoms with van der Waals surface area (Å²) in [6, 6.07) is 0. The zero-order valence-corrected chi connectivity index (χ0v) is 13.8. The summed E-state index contributed by atoms with van der Waals surface area (Å²) in [5.41, 5.74) is 1.11. The summed E-state index contributed by atoms with van der Waals surface area (Å²) in [6.45, 7) is 18.7. The van der Waals surface area contributed by atoms with E-state index in [9.17, 15) is 0 Å². The molecule has 2 heteroatoms. The van der Waals surface area contributed by atoms with Gasteiger partial charge < -0.3 is 0 Å². The normalized spacial score (nSPS) is 41.3. The van der Waals surface area contributed by atoms with E-state index in [1.165, 1.54) is 0 Å². The Morgan fingerprint density at radius 2 is 0.647 bits per heavy atom. The number of halogens is 2. The molecule has 3 fully saturated rings. The summed E-state index contributed by atoms with van der Waals surface area (Å²) in [5, 5.41) is 0. The molecule has 0 aromatic carbocycles. The molecule has 0 heterocycles. The van der Waals surface area contributed by atoms with Gasteiger partial charge >= 0.3 is 0 Å². The lowest BCUT2D eigenvalue weighted by molar-refractivity contribution is 0.444. The highest BCUT2D eigenvalue weighted by molar-refractivity contribution is 6.54. The van der Waals surface area contributed by atoms with Crippen LogP contribution in [0.25, 0.3) is 0 Å². The number of alkyl halides is 2. The van der Waals surface area contributed by atoms with Crippen molar-refractivity contribution < 1.29 is 0 Å². The van der Waals surface area contributed by atoms with Gasteiger partial charge in [0.25, 0.3) is 0 Å². The largest absolute Gasteiger partial charge is 0.132 e. The van der Waals surface area contributed by atoms with Gasteiger partial charge in [-0.2, -0.15) is 0 Å². The van der Waals surface area contributed by atoms with E-state index in [-0.39, 0.29) is 32.5 Å². The van der Waals surface area contributed by atoms with Crippen LogP contribution in [0.2, 0.25) is 0 Å². The molecule has 0 unspecified atom stereocenters. The van der Waals surface area contributed by atoms with Crippen LogP contribution >= 0.6 is 23.2 Å². The van der Waals surface area contributed by atoms with E-state index in [0.29, 0.717) is 0 Å². The predicted molar refractivity (Wildman–Crippen MR) is 74.4 cm³/mol. The van der Waals surface area contributed by atoms with Crippen LogP contribution in [-0.4, -0.2) is 4.33 Å². The highest BCUT2D eigenvalue weighted by Gasteiger charge is 3.16. The van der Waals surface area contributed by atoms with Crippen LogP contribution in [-0.2, 0) is 0 Å². The SMILES string of the molecule is CC1(C)C(C)(C)C12C(Cl)(Cl)C21C(C)(C)C1(C)C. The fraction of sp³-hybridized carbons (Fsp3) is 1.00. The lowest BCUT2D eigenvalue weighted by Gasteiger charge is -2.03. The van der Waals surface area contributed by atoms with Crippen LogP contribution in [0.4, 0.5) is 0 Å². The minimum atomic E-state index is -0.556. The first-order valence-corrected chi connectivity index (χ1v) is 7.38. The van der Waals surface area contributed by atoms with Gasteiger partial charge in [-0.1, -0.05) is 55.4 Å². The average molecular weight is 275 g/mol. The van der Waals surface area contributed by atoms with Gasteiger partial charge in [-0.3, -0.25) is 0 Å². The maximum Gasteiger partial charge on any atom is 0.132 e. The van der Waals surface area contributed by atoms with E-state index in [2.05, 4.69) is 55.4 Å². The molecule has 0 aromatic heterocycles. The van der Waals surface area contributed by atoms with E-state index in [1.807, 2.05) is 0 Å². The molecule has 3 aliphatic rings. The third-order valence-corrected chi connectivity index (χ3v) is 9.33. The van der Waals surface area contributed by atoms with Crippen LogP contribution in [0.3, 0.4) is 0 Å². The summed E-state index contributed by atoms with van der Waals surface area (Å²) < 4.78 is -0.556. The van der Waals surface area contributed by atoms with E-state index < -0.39 is 4.33 Å². The van der Waals surface area contributed by atoms with Gasteiger partial charge in [-0.25, -0.2) is 0 Å². The topological polar surface area (TPSA) is 0 Å². The Hall–Kier alpha value is 0.580. The van der Waals surface area contributed by atoms with Crippen molar-refractivity contribution >= 4 is 23.2 Å². The molecule has 2 spiro atoms. The third kappa shape index (κ3) is 0.617. The van der Waals surface area contributed by atoms with Crippen molar-refractivity contribution in [2.24, 2.45) is 32.5 Å². The molecule has 0 bridgehead atoms. The second-order valence-corrected chi connectivity index (χ2v) is 9.90. The second-order valence-electron chi connectivity index (χ2n) is 8.57. The Balaban J connectivity index is 2.23. The Kier molecular flexibility index (Phi) is 1.65. The molecule has 3 saturated carbocycles. The molecule has 0 nitrogen and oxygen atoms in total. The Morgan fingerprint density at radius 1 is 0.471 bits per heavy atom. The number of hydrogen-bond donors (Lipinski definition) is 0. The zero-order chi connectivity index (χ0) is 13.5. The molecule has 0 radical (unpaired) electrons. The molecular weight excluding hydrogens is 251 g/mol. The van der Waals surface area contributed by atoms with E-state index in [4.69, 9.17) is 23.2 Å². The van der Waals surface area contributed by atoms with Crippen molar-refractivity contribution in [1.29, 1.82) is 0 Å². The average Bonchev–Trinajstić information content (AvgIpc) is 2.79. The quantitative estimate of drug-likeness (QED) is 0.528. The Bertz CT molecular complexity index is 370. The van der Waals surface area contributed by atoms with Gasteiger partial charge in [0.05, 0.1) is 0 Å². The molecule has 98 valence electrons. The number of hydrogen-bond acceptors (Lipinski definition) is 0. The standard InChI is InChI=1S/C15H24Cl2/c1-9(2)10(3,4)13(9)14(15(13,16)17)11(5,6)12(14,7)8/h1-8H3. The van der Waals surface area contributed by atoms with Crippen LogP contribution in [0.15, 0.2) is 0 Å². The molecule has 0 amide bonds. The highest BCUT2D eigenvalue weighted by Crippen LogP contribution is 3.15. The van der Waals surface area contributed by atoms with Gasteiger partial charge in [0.1, 0.15) is 4.33 Å². The number of fused-ring (bicyclic) bond motifs is 1. The van der Waals surface area contributed by atoms with Crippen molar-refractivity contribution in [3.63, 3.8) is 0 Å². The van der Waals surface area contributed by atoms with Crippen molar-refractivity contribution in [3.8, 4) is 0 Å². The van der Waals surface area contributed by atoms with E-state index >= 15 is 0 Å². The molecule has 3 rings (SSSR count). The summed E-state index contributed by atoms with van der Waals surface area (Å²) in [5.74, 6) is 0. The first-order chi connectivity index (χ1) is 7.25. The van der Waals surface area contributed by atoms with E-state index in [1.54, 1.807) is 0 Å². The van der Waals surface area contributed by atoms with Crippen molar-refractivity contribution in [1.82, 2.24) is 0 Å². The summed E-state index contributed by atoms with van der Waals surface area (Å²) in [6.07, 6.45) is 0. The molecule has 17 heavy (non-hydrogen) atoms. The minimum absolute atomic E-state index is 0.0934. The van der Waals surface area contributed by atoms with Crippen LogP contribution < -0.4 is 0 Å². The predicted octanol–water partition coefficient (Wildman–Crippen LogP) is 5.28. The first-order valence-electron chi connectivity index (χ1n) is 6.63. The maximum atomic E-state index is 6.85. The molecular formula is C15H24Cl2. The molecule has 0 saturated heterocycles. The summed E-state index contributed by atoms with van der Waals surface area (Å²) >= 11 is 13.7. The molecule has 0 N–H and O–H groups in total. The monoisotopic (exact) mass is 274 g/mol. The first kappa shape index (κ1) is 12.6. The van der Waals surface area contributed by atoms with E-state index in [0.717, 1.165) is 0 Å². The van der Waals surface area contributed by atoms with Crippen LogP contribution in [0, 0.1) is 32.5 Å². The van der Waals surface area contributed by atoms with Crippen LogP contribution in [0.1, 0.15) is 55.4 Å². The molecule has 0 atom stereocenters. The van der Waals surface area contributed by atoms with Crippen molar-refractivity contribution in [2.75, 3.05) is 0 Å². The zero-order valence-electron chi connectivity index (χ0n) is 12.3. The number of rotatable bonds is 0. The van der Waals surface area contributed by atoms with Gasteiger partial charge in [0.15, 0.2) is 0 Å². The Morgan fingerprint density at radius 3 is 0.706 bits per heavy atom. The third-order valence-electron chi connectivity index (χ3n) is 8.19. The second kappa shape index (κ2) is 2.22. The lowest BCUT2D eigenvalue weighted by Crippen LogP contribution is -1.98. The summed E-state index contributed by atoms with van der Waals surface area (Å²) in [4.78, 5) is 0. The molecule has 0 aromatic rings. The smallest absolute Gasteiger partial charge is 0.100 e. The van der Waals surface area contributed by atoms with Crippen molar-refractivity contribution in [3.05, 3.63) is 0 Å². The minimum Gasteiger partial charge on any atom is -0.100 e. The maximum absolute atomic E-state index is 6.85. The fourth-order valence-electron chi connectivity index (χ4n) is 6.56. The van der Waals surface area contributed by atoms with Crippen molar-refractivity contribution in [2.45, 2.75) is 59.7 Å².